The molecular formula is C11H18N2O3. The Morgan fingerprint density at radius 1 is 1.38 bits per heavy atom. The minimum Gasteiger partial charge on any atom is -0.444 e. The molecule has 2 aliphatic heterocycles. The molecule has 5 heteroatoms. The molecule has 16 heavy (non-hydrogen) atoms. The first kappa shape index (κ1) is 11.4. The number of rotatable bonds is 1. The molecule has 0 saturated carbocycles. The molecular weight excluding hydrogens is 208 g/mol. The molecule has 1 amide bonds. The number of ether oxygens (including phenoxy) is 2. The molecule has 2 aliphatic rings. The van der Waals surface area contributed by atoms with Crippen LogP contribution in [-0.4, -0.2) is 36.0 Å². The summed E-state index contributed by atoms with van der Waals surface area (Å²) in [7, 11) is 0. The highest BCUT2D eigenvalue weighted by molar-refractivity contribution is 5.68. The van der Waals surface area contributed by atoms with E-state index in [2.05, 4.69) is 5.32 Å². The van der Waals surface area contributed by atoms with Gasteiger partial charge in [0.25, 0.3) is 0 Å². The maximum Gasteiger partial charge on any atom is 0.408 e. The number of hydrogen-bond acceptors (Lipinski definition) is 4. The van der Waals surface area contributed by atoms with Gasteiger partial charge in [-0.15, -0.1) is 0 Å². The largest absolute Gasteiger partial charge is 0.444 e. The molecule has 0 aromatic rings. The maximum absolute atomic E-state index is 11.6. The smallest absolute Gasteiger partial charge is 0.408 e. The molecule has 4 atom stereocenters. The first-order valence-electron chi connectivity index (χ1n) is 5.46. The second-order valence-electron chi connectivity index (χ2n) is 5.20. The molecule has 0 radical (unpaired) electrons. The van der Waals surface area contributed by atoms with Gasteiger partial charge >= 0.3 is 6.09 Å². The normalized spacial score (nSPS) is 36.5. The number of carbonyl (C=O) groups is 1. The van der Waals surface area contributed by atoms with Crippen LogP contribution in [0, 0.1) is 0 Å². The summed E-state index contributed by atoms with van der Waals surface area (Å²) in [6, 6.07) is -0.382. The monoisotopic (exact) mass is 226 g/mol. The van der Waals surface area contributed by atoms with Gasteiger partial charge in [-0.1, -0.05) is 12.2 Å². The van der Waals surface area contributed by atoms with Crippen molar-refractivity contribution in [3.05, 3.63) is 12.2 Å². The summed E-state index contributed by atoms with van der Waals surface area (Å²) in [6.07, 6.45) is 3.22. The Morgan fingerprint density at radius 3 is 2.50 bits per heavy atom. The van der Waals surface area contributed by atoms with E-state index in [1.807, 2.05) is 32.9 Å². The number of alkyl carbamates (subject to hydrolysis) is 1. The molecule has 0 aromatic heterocycles. The van der Waals surface area contributed by atoms with Gasteiger partial charge < -0.3 is 20.5 Å². The summed E-state index contributed by atoms with van der Waals surface area (Å²) >= 11 is 0. The zero-order chi connectivity index (χ0) is 11.9. The molecule has 4 unspecified atom stereocenters. The van der Waals surface area contributed by atoms with Crippen molar-refractivity contribution >= 4 is 6.09 Å². The molecule has 0 aromatic carbocycles. The first-order valence-corrected chi connectivity index (χ1v) is 5.46. The van der Waals surface area contributed by atoms with Gasteiger partial charge in [-0.25, -0.2) is 4.79 Å². The minimum absolute atomic E-state index is 0.0788. The van der Waals surface area contributed by atoms with E-state index in [-0.39, 0.29) is 24.3 Å². The highest BCUT2D eigenvalue weighted by Crippen LogP contribution is 2.27. The Morgan fingerprint density at radius 2 is 2.00 bits per heavy atom. The highest BCUT2D eigenvalue weighted by atomic mass is 16.6. The predicted molar refractivity (Wildman–Crippen MR) is 58.9 cm³/mol. The highest BCUT2D eigenvalue weighted by Gasteiger charge is 2.45. The quantitative estimate of drug-likeness (QED) is 0.640. The van der Waals surface area contributed by atoms with Crippen molar-refractivity contribution in [1.82, 2.24) is 5.32 Å². The molecule has 2 heterocycles. The van der Waals surface area contributed by atoms with Gasteiger partial charge in [-0.05, 0) is 20.8 Å². The molecule has 1 fully saturated rings. The van der Waals surface area contributed by atoms with Gasteiger partial charge in [-0.3, -0.25) is 0 Å². The van der Waals surface area contributed by atoms with Gasteiger partial charge in [0.1, 0.15) is 5.60 Å². The van der Waals surface area contributed by atoms with Crippen LogP contribution < -0.4 is 11.1 Å². The fourth-order valence-electron chi connectivity index (χ4n) is 1.96. The van der Waals surface area contributed by atoms with Gasteiger partial charge in [0.2, 0.25) is 0 Å². The summed E-state index contributed by atoms with van der Waals surface area (Å²) in [6.45, 7) is 5.47. The Hall–Kier alpha value is -1.07. The van der Waals surface area contributed by atoms with Gasteiger partial charge in [-0.2, -0.15) is 0 Å². The fourth-order valence-corrected chi connectivity index (χ4v) is 1.96. The second kappa shape index (κ2) is 3.75. The molecule has 5 nitrogen and oxygen atoms in total. The lowest BCUT2D eigenvalue weighted by Crippen LogP contribution is -2.53. The van der Waals surface area contributed by atoms with Crippen molar-refractivity contribution in [3.8, 4) is 0 Å². The lowest BCUT2D eigenvalue weighted by Gasteiger charge is -2.25. The average molecular weight is 226 g/mol. The van der Waals surface area contributed by atoms with E-state index in [9.17, 15) is 4.79 Å². The average Bonchev–Trinajstić information content (AvgIpc) is 2.66. The van der Waals surface area contributed by atoms with Crippen LogP contribution in [0.1, 0.15) is 20.8 Å². The van der Waals surface area contributed by atoms with Crippen molar-refractivity contribution in [3.63, 3.8) is 0 Å². The molecule has 0 spiro atoms. The van der Waals surface area contributed by atoms with Crippen molar-refractivity contribution < 1.29 is 14.3 Å². The summed E-state index contributed by atoms with van der Waals surface area (Å²) in [5.74, 6) is 0. The van der Waals surface area contributed by atoms with Crippen molar-refractivity contribution in [2.24, 2.45) is 5.73 Å². The number of fused-ring (bicyclic) bond motifs is 2. The Kier molecular flexibility index (Phi) is 2.67. The van der Waals surface area contributed by atoms with Crippen LogP contribution in [0.4, 0.5) is 4.79 Å². The van der Waals surface area contributed by atoms with Crippen LogP contribution in [0.3, 0.4) is 0 Å². The third-order valence-corrected chi connectivity index (χ3v) is 2.64. The second-order valence-corrected chi connectivity index (χ2v) is 5.20. The van der Waals surface area contributed by atoms with Crippen LogP contribution in [-0.2, 0) is 9.47 Å². The zero-order valence-corrected chi connectivity index (χ0v) is 9.77. The van der Waals surface area contributed by atoms with E-state index in [1.54, 1.807) is 0 Å². The first-order chi connectivity index (χ1) is 7.37. The molecule has 90 valence electrons. The lowest BCUT2D eigenvalue weighted by molar-refractivity contribution is 0.0475. The van der Waals surface area contributed by atoms with E-state index >= 15 is 0 Å². The van der Waals surface area contributed by atoms with E-state index < -0.39 is 11.7 Å². The summed E-state index contributed by atoms with van der Waals surface area (Å²) < 4.78 is 10.7. The van der Waals surface area contributed by atoms with Crippen LogP contribution in [0.25, 0.3) is 0 Å². The van der Waals surface area contributed by atoms with Gasteiger partial charge in [0.05, 0.1) is 24.3 Å². The standard InChI is InChI=1S/C11H18N2O3/c1-11(2,3)16-10(14)13-9-7-5-4-6(15-7)8(9)12/h4-9H,12H2,1-3H3,(H,13,14). The lowest BCUT2D eigenvalue weighted by atomic mass is 9.97. The van der Waals surface area contributed by atoms with E-state index in [1.165, 1.54) is 0 Å². The Bertz CT molecular complexity index is 322. The minimum atomic E-state index is -0.498. The van der Waals surface area contributed by atoms with Crippen molar-refractivity contribution in [2.75, 3.05) is 0 Å². The topological polar surface area (TPSA) is 73.6 Å². The maximum atomic E-state index is 11.6. The molecule has 1 saturated heterocycles. The number of amides is 1. The van der Waals surface area contributed by atoms with E-state index in [0.29, 0.717) is 0 Å². The number of nitrogens with two attached hydrogens (primary N) is 1. The SMILES string of the molecule is CC(C)(C)OC(=O)NC1C2C=CC(O2)C1N. The van der Waals surface area contributed by atoms with Crippen LogP contribution >= 0.6 is 0 Å². The summed E-state index contributed by atoms with van der Waals surface area (Å²) in [5, 5.41) is 2.75. The van der Waals surface area contributed by atoms with Crippen LogP contribution in [0.5, 0.6) is 0 Å². The predicted octanol–water partition coefficient (Wildman–Crippen LogP) is 0.544. The summed E-state index contributed by atoms with van der Waals surface area (Å²) in [5.41, 5.74) is 5.43. The fraction of sp³-hybridized carbons (Fsp3) is 0.727. The molecule has 3 N–H and O–H groups in total. The van der Waals surface area contributed by atoms with Crippen LogP contribution in [0.15, 0.2) is 12.2 Å². The number of carbonyl (C=O) groups excluding carboxylic acids is 1. The van der Waals surface area contributed by atoms with Crippen molar-refractivity contribution in [1.29, 1.82) is 0 Å². The van der Waals surface area contributed by atoms with Gasteiger partial charge in [0, 0.05) is 0 Å². The number of hydrogen-bond donors (Lipinski definition) is 2. The van der Waals surface area contributed by atoms with Crippen molar-refractivity contribution in [2.45, 2.75) is 50.7 Å². The Balaban J connectivity index is 1.91. The summed E-state index contributed by atoms with van der Waals surface area (Å²) in [4.78, 5) is 11.6. The van der Waals surface area contributed by atoms with E-state index in [4.69, 9.17) is 15.2 Å². The third kappa shape index (κ3) is 2.20. The Labute approximate surface area is 95.0 Å². The molecule has 2 rings (SSSR count). The van der Waals surface area contributed by atoms with Gasteiger partial charge in [0.15, 0.2) is 0 Å². The van der Waals surface area contributed by atoms with Crippen LogP contribution in [0.2, 0.25) is 0 Å². The molecule has 0 aliphatic carbocycles. The zero-order valence-electron chi connectivity index (χ0n) is 9.77. The number of nitrogens with one attached hydrogen (secondary N) is 1. The molecule has 2 bridgehead atoms. The van der Waals surface area contributed by atoms with E-state index in [0.717, 1.165) is 0 Å². The third-order valence-electron chi connectivity index (χ3n) is 2.64.